The number of amides is 1. The van der Waals surface area contributed by atoms with Gasteiger partial charge in [0.1, 0.15) is 0 Å². The highest BCUT2D eigenvalue weighted by Crippen LogP contribution is 2.16. The fourth-order valence-corrected chi connectivity index (χ4v) is 3.41. The van der Waals surface area contributed by atoms with Crippen LogP contribution in [0, 0.1) is 20.8 Å². The lowest BCUT2D eigenvalue weighted by molar-refractivity contribution is 0.0954. The fourth-order valence-electron chi connectivity index (χ4n) is 3.41. The Morgan fingerprint density at radius 1 is 1.00 bits per heavy atom. The zero-order valence-electron chi connectivity index (χ0n) is 16.2. The van der Waals surface area contributed by atoms with Gasteiger partial charge in [-0.25, -0.2) is 4.68 Å². The number of nitrogens with one attached hydrogen (secondary N) is 2. The van der Waals surface area contributed by atoms with Crippen LogP contribution >= 0.6 is 0 Å². The van der Waals surface area contributed by atoms with E-state index in [1.165, 1.54) is 34.4 Å². The Morgan fingerprint density at radius 3 is 2.43 bits per heavy atom. The summed E-state index contributed by atoms with van der Waals surface area (Å²) in [4.78, 5) is 36.0. The molecule has 3 rings (SSSR count). The molecule has 0 spiro atoms. The van der Waals surface area contributed by atoms with Gasteiger partial charge in [-0.2, -0.15) is 0 Å². The minimum Gasteiger partial charge on any atom is -0.352 e. The van der Waals surface area contributed by atoms with Crippen LogP contribution in [0.2, 0.25) is 0 Å². The van der Waals surface area contributed by atoms with Crippen LogP contribution in [0.4, 0.5) is 0 Å². The minimum atomic E-state index is -0.390. The van der Waals surface area contributed by atoms with Gasteiger partial charge in [-0.1, -0.05) is 23.8 Å². The summed E-state index contributed by atoms with van der Waals surface area (Å²) in [6.07, 6.45) is 0.745. The van der Waals surface area contributed by atoms with E-state index < -0.39 is 5.56 Å². The summed E-state index contributed by atoms with van der Waals surface area (Å²) >= 11 is 0. The van der Waals surface area contributed by atoms with E-state index in [1.54, 1.807) is 24.3 Å². The second kappa shape index (κ2) is 8.08. The zero-order chi connectivity index (χ0) is 20.3. The van der Waals surface area contributed by atoms with Gasteiger partial charge in [0.15, 0.2) is 0 Å². The van der Waals surface area contributed by atoms with E-state index >= 15 is 0 Å². The Hall–Kier alpha value is -3.41. The third-order valence-electron chi connectivity index (χ3n) is 4.69. The van der Waals surface area contributed by atoms with E-state index in [0.29, 0.717) is 17.8 Å². The van der Waals surface area contributed by atoms with Crippen LogP contribution in [-0.4, -0.2) is 22.2 Å². The van der Waals surface area contributed by atoms with Crippen LogP contribution in [0.15, 0.2) is 58.1 Å². The highest BCUT2D eigenvalue weighted by Gasteiger charge is 2.09. The van der Waals surface area contributed by atoms with Gasteiger partial charge in [-0.05, 0) is 62.1 Å². The van der Waals surface area contributed by atoms with Crippen molar-refractivity contribution < 1.29 is 4.79 Å². The Labute approximate surface area is 162 Å². The molecule has 1 aromatic heterocycles. The maximum atomic E-state index is 12.5. The van der Waals surface area contributed by atoms with E-state index in [4.69, 9.17) is 0 Å². The lowest BCUT2D eigenvalue weighted by Gasteiger charge is -2.12. The van der Waals surface area contributed by atoms with Crippen LogP contribution in [0.3, 0.4) is 0 Å². The maximum Gasteiger partial charge on any atom is 0.269 e. The van der Waals surface area contributed by atoms with E-state index in [-0.39, 0.29) is 11.5 Å². The molecule has 0 aliphatic rings. The molecule has 0 saturated carbocycles. The molecule has 1 heterocycles. The summed E-state index contributed by atoms with van der Waals surface area (Å²) in [5.74, 6) is -0.226. The molecule has 0 bridgehead atoms. The quantitative estimate of drug-likeness (QED) is 0.716. The molecule has 144 valence electrons. The second-order valence-electron chi connectivity index (χ2n) is 6.92. The average molecular weight is 377 g/mol. The van der Waals surface area contributed by atoms with E-state index in [0.717, 1.165) is 11.1 Å². The number of carbonyl (C=O) groups is 1. The first-order chi connectivity index (χ1) is 13.3. The summed E-state index contributed by atoms with van der Waals surface area (Å²) in [5.41, 5.74) is 5.01. The van der Waals surface area contributed by atoms with Crippen molar-refractivity contribution in [2.24, 2.45) is 0 Å². The molecule has 1 amide bonds. The Morgan fingerprint density at radius 2 is 1.71 bits per heavy atom. The summed E-state index contributed by atoms with van der Waals surface area (Å²) < 4.78 is 1.12. The van der Waals surface area contributed by atoms with Crippen molar-refractivity contribution in [3.8, 4) is 5.69 Å². The molecule has 0 aliphatic carbocycles. The van der Waals surface area contributed by atoms with Gasteiger partial charge >= 0.3 is 0 Å². The predicted molar refractivity (Wildman–Crippen MR) is 109 cm³/mol. The number of nitrogens with zero attached hydrogens (tertiary/aromatic N) is 1. The van der Waals surface area contributed by atoms with Gasteiger partial charge in [-0.15, -0.1) is 0 Å². The molecule has 3 aromatic rings. The van der Waals surface area contributed by atoms with Crippen molar-refractivity contribution >= 4 is 5.91 Å². The van der Waals surface area contributed by atoms with Gasteiger partial charge in [0.2, 0.25) is 0 Å². The first-order valence-electron chi connectivity index (χ1n) is 9.13. The maximum absolute atomic E-state index is 12.5. The van der Waals surface area contributed by atoms with Crippen LogP contribution in [0.25, 0.3) is 5.69 Å². The molecule has 2 aromatic carbocycles. The number of benzene rings is 2. The monoisotopic (exact) mass is 377 g/mol. The van der Waals surface area contributed by atoms with Gasteiger partial charge in [0.05, 0.1) is 5.69 Å². The van der Waals surface area contributed by atoms with Crippen LogP contribution in [0.1, 0.15) is 32.6 Å². The number of H-pyrrole nitrogens is 1. The van der Waals surface area contributed by atoms with Crippen molar-refractivity contribution in [2.45, 2.75) is 27.2 Å². The van der Waals surface area contributed by atoms with Crippen LogP contribution in [0.5, 0.6) is 0 Å². The van der Waals surface area contributed by atoms with Crippen molar-refractivity contribution in [2.75, 3.05) is 6.54 Å². The zero-order valence-corrected chi connectivity index (χ0v) is 16.2. The summed E-state index contributed by atoms with van der Waals surface area (Å²) in [6, 6.07) is 13.2. The molecule has 0 atom stereocenters. The number of hydrogen-bond donors (Lipinski definition) is 2. The highest BCUT2D eigenvalue weighted by atomic mass is 16.2. The number of rotatable bonds is 5. The topological polar surface area (TPSA) is 84.0 Å². The molecule has 28 heavy (non-hydrogen) atoms. The van der Waals surface area contributed by atoms with Gasteiger partial charge in [0, 0.05) is 24.2 Å². The Bertz CT molecular complexity index is 1120. The lowest BCUT2D eigenvalue weighted by Crippen LogP contribution is -2.28. The molecule has 2 N–H and O–H groups in total. The molecule has 0 unspecified atom stereocenters. The predicted octanol–water partition coefficient (Wildman–Crippen LogP) is 2.42. The van der Waals surface area contributed by atoms with E-state index in [2.05, 4.69) is 43.3 Å². The Kier molecular flexibility index (Phi) is 5.59. The molecule has 0 aliphatic heterocycles. The molecule has 0 radical (unpaired) electrons. The minimum absolute atomic E-state index is 0.226. The van der Waals surface area contributed by atoms with Gasteiger partial charge in [-0.3, -0.25) is 19.5 Å². The van der Waals surface area contributed by atoms with E-state index in [9.17, 15) is 14.4 Å². The molecular formula is C22H23N3O3. The smallest absolute Gasteiger partial charge is 0.269 e. The van der Waals surface area contributed by atoms with E-state index in [1.807, 2.05) is 0 Å². The first kappa shape index (κ1) is 19.4. The van der Waals surface area contributed by atoms with Crippen molar-refractivity contribution in [3.63, 3.8) is 0 Å². The number of carbonyl (C=O) groups excluding carboxylic acids is 1. The normalized spacial score (nSPS) is 10.7. The number of hydrogen-bond acceptors (Lipinski definition) is 3. The molecule has 0 saturated heterocycles. The summed E-state index contributed by atoms with van der Waals surface area (Å²) in [5, 5.41) is 5.38. The number of aromatic amines is 1. The fraction of sp³-hybridized carbons (Fsp3) is 0.227. The van der Waals surface area contributed by atoms with Gasteiger partial charge < -0.3 is 5.32 Å². The number of aryl methyl sites for hydroxylation is 3. The lowest BCUT2D eigenvalue weighted by atomic mass is 9.97. The first-order valence-corrected chi connectivity index (χ1v) is 9.13. The molecule has 6 nitrogen and oxygen atoms in total. The van der Waals surface area contributed by atoms with Gasteiger partial charge in [0.25, 0.3) is 17.0 Å². The summed E-state index contributed by atoms with van der Waals surface area (Å²) in [7, 11) is 0. The summed E-state index contributed by atoms with van der Waals surface area (Å²) in [6.45, 7) is 6.75. The largest absolute Gasteiger partial charge is 0.352 e. The van der Waals surface area contributed by atoms with Crippen molar-refractivity contribution in [1.29, 1.82) is 0 Å². The van der Waals surface area contributed by atoms with Crippen LogP contribution < -0.4 is 16.4 Å². The van der Waals surface area contributed by atoms with Crippen molar-refractivity contribution in [3.05, 3.63) is 97.1 Å². The second-order valence-corrected chi connectivity index (χ2v) is 6.92. The number of aromatic nitrogens is 2. The third kappa shape index (κ3) is 4.28. The SMILES string of the molecule is Cc1cc(C)c(CCNC(=O)c2cccc(-n3[nH]c(=O)ccc3=O)c2)c(C)c1. The highest BCUT2D eigenvalue weighted by molar-refractivity contribution is 5.94. The van der Waals surface area contributed by atoms with Crippen molar-refractivity contribution in [1.82, 2.24) is 15.1 Å². The van der Waals surface area contributed by atoms with Crippen LogP contribution in [-0.2, 0) is 6.42 Å². The standard InChI is InChI=1S/C22H23N3O3/c1-14-11-15(2)19(16(3)12-14)9-10-23-22(28)17-5-4-6-18(13-17)25-21(27)8-7-20(26)24-25/h4-8,11-13H,9-10H2,1-3H3,(H,23,28)(H,24,26). The molecule has 0 fully saturated rings. The molecule has 6 heteroatoms. The molecular weight excluding hydrogens is 354 g/mol. The average Bonchev–Trinajstić information content (AvgIpc) is 2.65. The Balaban J connectivity index is 1.73. The third-order valence-corrected chi connectivity index (χ3v) is 4.69.